The molecule has 2 aromatic rings. The fourth-order valence-corrected chi connectivity index (χ4v) is 4.92. The van der Waals surface area contributed by atoms with Gasteiger partial charge in [-0.25, -0.2) is 8.42 Å². The molecule has 1 aliphatic heterocycles. The Bertz CT molecular complexity index is 973. The molecule has 8 nitrogen and oxygen atoms in total. The Labute approximate surface area is 190 Å². The van der Waals surface area contributed by atoms with Crippen molar-refractivity contribution in [3.8, 4) is 5.75 Å². The first-order chi connectivity index (χ1) is 15.3. The van der Waals surface area contributed by atoms with Crippen molar-refractivity contribution in [1.29, 1.82) is 0 Å². The predicted molar refractivity (Wildman–Crippen MR) is 121 cm³/mol. The van der Waals surface area contributed by atoms with Crippen molar-refractivity contribution in [2.45, 2.75) is 81.5 Å². The second-order valence-electron chi connectivity index (χ2n) is 9.17. The Hall–Kier alpha value is -2.13. The summed E-state index contributed by atoms with van der Waals surface area (Å²) >= 11 is 0. The van der Waals surface area contributed by atoms with Crippen LogP contribution in [0.4, 0.5) is 6.01 Å². The first kappa shape index (κ1) is 23.0. The normalized spacial score (nSPS) is 22.9. The van der Waals surface area contributed by atoms with Crippen LogP contribution in [-0.4, -0.2) is 56.2 Å². The van der Waals surface area contributed by atoms with Gasteiger partial charge in [-0.05, 0) is 62.8 Å². The van der Waals surface area contributed by atoms with Crippen LogP contribution in [0.2, 0.25) is 0 Å². The lowest BCUT2D eigenvalue weighted by molar-refractivity contribution is -0.0530. The highest BCUT2D eigenvalue weighted by atomic mass is 32.2. The van der Waals surface area contributed by atoms with Crippen molar-refractivity contribution in [2.75, 3.05) is 24.2 Å². The number of sulfone groups is 1. The fourth-order valence-electron chi connectivity index (χ4n) is 4.29. The van der Waals surface area contributed by atoms with Crippen LogP contribution >= 0.6 is 0 Å². The molecular weight excluding hydrogens is 430 g/mol. The average molecular weight is 464 g/mol. The Morgan fingerprint density at radius 3 is 2.12 bits per heavy atom. The summed E-state index contributed by atoms with van der Waals surface area (Å²) in [4.78, 5) is 6.96. The number of anilines is 1. The molecule has 1 aromatic carbocycles. The summed E-state index contributed by atoms with van der Waals surface area (Å²) in [5.74, 6) is 1.74. The molecule has 2 aliphatic rings. The molecule has 0 radical (unpaired) electrons. The minimum absolute atomic E-state index is 0.147. The van der Waals surface area contributed by atoms with Gasteiger partial charge < -0.3 is 18.9 Å². The van der Waals surface area contributed by atoms with E-state index >= 15 is 0 Å². The number of ether oxygens (including phenoxy) is 2. The summed E-state index contributed by atoms with van der Waals surface area (Å²) < 4.78 is 41.0. The van der Waals surface area contributed by atoms with Crippen molar-refractivity contribution in [2.24, 2.45) is 0 Å². The zero-order valence-corrected chi connectivity index (χ0v) is 19.9. The maximum absolute atomic E-state index is 11.6. The summed E-state index contributed by atoms with van der Waals surface area (Å²) in [6.45, 7) is 5.85. The first-order valence-electron chi connectivity index (χ1n) is 11.5. The van der Waals surface area contributed by atoms with Crippen molar-refractivity contribution < 1.29 is 22.4 Å². The van der Waals surface area contributed by atoms with E-state index in [1.54, 1.807) is 24.3 Å². The van der Waals surface area contributed by atoms with Crippen LogP contribution in [-0.2, 0) is 14.6 Å². The van der Waals surface area contributed by atoms with Gasteiger partial charge in [-0.1, -0.05) is 19.0 Å². The molecule has 0 unspecified atom stereocenters. The standard InChI is InChI=1S/C23H33N3O5S/c1-16(2)22-24-23(31-25-22)26-14-12-20(13-15-26)30-18-6-4-17(5-7-18)29-19-8-10-21(11-9-19)32(3,27)28/h8-11,16-18,20H,4-7,12-15H2,1-3H3. The van der Waals surface area contributed by atoms with Gasteiger partial charge in [0.25, 0.3) is 0 Å². The second kappa shape index (κ2) is 9.79. The smallest absolute Gasteiger partial charge is 0.324 e. The molecule has 2 fully saturated rings. The van der Waals surface area contributed by atoms with Crippen molar-refractivity contribution in [3.05, 3.63) is 30.1 Å². The zero-order valence-electron chi connectivity index (χ0n) is 19.1. The van der Waals surface area contributed by atoms with E-state index in [0.717, 1.165) is 63.2 Å². The Morgan fingerprint density at radius 2 is 1.56 bits per heavy atom. The van der Waals surface area contributed by atoms with Crippen molar-refractivity contribution >= 4 is 15.9 Å². The van der Waals surface area contributed by atoms with Gasteiger partial charge in [0, 0.05) is 25.3 Å². The van der Waals surface area contributed by atoms with Crippen molar-refractivity contribution in [1.82, 2.24) is 10.1 Å². The summed E-state index contributed by atoms with van der Waals surface area (Å²) in [5, 5.41) is 4.06. The molecule has 0 N–H and O–H groups in total. The van der Waals surface area contributed by atoms with E-state index in [1.165, 1.54) is 6.26 Å². The minimum Gasteiger partial charge on any atom is -0.490 e. The third kappa shape index (κ3) is 5.81. The molecule has 9 heteroatoms. The fraction of sp³-hybridized carbons (Fsp3) is 0.652. The molecule has 0 bridgehead atoms. The first-order valence-corrected chi connectivity index (χ1v) is 13.4. The van der Waals surface area contributed by atoms with Gasteiger partial charge in [0.15, 0.2) is 15.7 Å². The molecule has 176 valence electrons. The molecule has 1 aromatic heterocycles. The highest BCUT2D eigenvalue weighted by Gasteiger charge is 2.29. The van der Waals surface area contributed by atoms with E-state index in [1.807, 2.05) is 0 Å². The van der Waals surface area contributed by atoms with Crippen LogP contribution in [0, 0.1) is 0 Å². The van der Waals surface area contributed by atoms with Crippen LogP contribution in [0.5, 0.6) is 5.75 Å². The van der Waals surface area contributed by atoms with E-state index in [4.69, 9.17) is 14.0 Å². The Balaban J connectivity index is 1.18. The molecule has 0 amide bonds. The third-order valence-corrected chi connectivity index (χ3v) is 7.35. The SMILES string of the molecule is CC(C)c1noc(N2CCC(OC3CCC(Oc4ccc(S(C)(=O)=O)cc4)CC3)CC2)n1. The molecule has 1 saturated heterocycles. The molecule has 0 spiro atoms. The molecule has 32 heavy (non-hydrogen) atoms. The predicted octanol–water partition coefficient (Wildman–Crippen LogP) is 3.97. The molecular formula is C23H33N3O5S. The zero-order chi connectivity index (χ0) is 22.7. The van der Waals surface area contributed by atoms with Crippen LogP contribution in [0.15, 0.2) is 33.7 Å². The van der Waals surface area contributed by atoms with Gasteiger partial charge in [-0.3, -0.25) is 0 Å². The summed E-state index contributed by atoms with van der Waals surface area (Å²) in [6.07, 6.45) is 7.66. The molecule has 1 saturated carbocycles. The summed E-state index contributed by atoms with van der Waals surface area (Å²) in [6, 6.07) is 7.29. The Morgan fingerprint density at radius 1 is 0.969 bits per heavy atom. The minimum atomic E-state index is -3.18. The number of hydrogen-bond acceptors (Lipinski definition) is 8. The molecule has 4 rings (SSSR count). The lowest BCUT2D eigenvalue weighted by Crippen LogP contribution is -2.39. The van der Waals surface area contributed by atoms with Gasteiger partial charge in [0.1, 0.15) is 5.75 Å². The van der Waals surface area contributed by atoms with Gasteiger partial charge in [-0.15, -0.1) is 0 Å². The van der Waals surface area contributed by atoms with Gasteiger partial charge in [0.05, 0.1) is 23.2 Å². The van der Waals surface area contributed by atoms with Gasteiger partial charge in [0.2, 0.25) is 0 Å². The van der Waals surface area contributed by atoms with Crippen LogP contribution in [0.1, 0.15) is 64.1 Å². The van der Waals surface area contributed by atoms with E-state index < -0.39 is 9.84 Å². The van der Waals surface area contributed by atoms with Crippen LogP contribution in [0.25, 0.3) is 0 Å². The molecule has 0 atom stereocenters. The maximum atomic E-state index is 11.6. The van der Waals surface area contributed by atoms with Gasteiger partial charge in [-0.2, -0.15) is 4.98 Å². The largest absolute Gasteiger partial charge is 0.490 e. The highest BCUT2D eigenvalue weighted by molar-refractivity contribution is 7.90. The summed E-state index contributed by atoms with van der Waals surface area (Å²) in [5.41, 5.74) is 0. The van der Waals surface area contributed by atoms with E-state index in [2.05, 4.69) is 28.9 Å². The lowest BCUT2D eigenvalue weighted by Gasteiger charge is -2.35. The monoisotopic (exact) mass is 463 g/mol. The number of aromatic nitrogens is 2. The quantitative estimate of drug-likeness (QED) is 0.609. The van der Waals surface area contributed by atoms with E-state index in [-0.39, 0.29) is 24.2 Å². The number of piperidine rings is 1. The third-order valence-electron chi connectivity index (χ3n) is 6.22. The average Bonchev–Trinajstić information content (AvgIpc) is 3.26. The second-order valence-corrected chi connectivity index (χ2v) is 11.2. The number of hydrogen-bond donors (Lipinski definition) is 0. The number of rotatable bonds is 7. The number of nitrogens with zero attached hydrogens (tertiary/aromatic N) is 3. The Kier molecular flexibility index (Phi) is 7.05. The lowest BCUT2D eigenvalue weighted by atomic mass is 9.94. The molecule has 1 aliphatic carbocycles. The highest BCUT2D eigenvalue weighted by Crippen LogP contribution is 2.29. The van der Waals surface area contributed by atoms with Crippen LogP contribution < -0.4 is 9.64 Å². The van der Waals surface area contributed by atoms with Gasteiger partial charge >= 0.3 is 6.01 Å². The molecule has 2 heterocycles. The maximum Gasteiger partial charge on any atom is 0.324 e. The summed E-state index contributed by atoms with van der Waals surface area (Å²) in [7, 11) is -3.18. The van der Waals surface area contributed by atoms with E-state index in [9.17, 15) is 8.42 Å². The number of benzene rings is 1. The van der Waals surface area contributed by atoms with Crippen molar-refractivity contribution in [3.63, 3.8) is 0 Å². The van der Waals surface area contributed by atoms with E-state index in [0.29, 0.717) is 10.9 Å². The van der Waals surface area contributed by atoms with Crippen LogP contribution in [0.3, 0.4) is 0 Å². The topological polar surface area (TPSA) is 94.8 Å².